The van der Waals surface area contributed by atoms with E-state index >= 15 is 0 Å². The summed E-state index contributed by atoms with van der Waals surface area (Å²) in [5, 5.41) is 2.46. The average Bonchev–Trinajstić information content (AvgIpc) is 3.54. The smallest absolute Gasteiger partial charge is 0.249 e. The summed E-state index contributed by atoms with van der Waals surface area (Å²) in [7, 11) is 1.60. The molecule has 0 spiro atoms. The number of hydrogen-bond acceptors (Lipinski definition) is 6. The third-order valence-electron chi connectivity index (χ3n) is 6.07. The number of methoxy groups -OCH3 is 1. The van der Waals surface area contributed by atoms with Gasteiger partial charge in [-0.15, -0.1) is 0 Å². The molecule has 0 unspecified atom stereocenters. The van der Waals surface area contributed by atoms with Gasteiger partial charge in [0.15, 0.2) is 11.5 Å². The highest BCUT2D eigenvalue weighted by atomic mass is 16.5. The monoisotopic (exact) mass is 443 g/mol. The van der Waals surface area contributed by atoms with Crippen molar-refractivity contribution in [3.63, 3.8) is 0 Å². The standard InChI is InChI=1S/C26H25N3O4/c1-15-3-4-16-11-17(5-6-18(16)24(15)25(27)30)33-21-7-10-29-20-13-23(22(31-2)12-19(20)21)32-14-26(28)8-9-26/h3-7,10-13H,8-9,14,28H2,1-2H3,(H2,27,30). The summed E-state index contributed by atoms with van der Waals surface area (Å²) in [5.74, 6) is 2.01. The quantitative estimate of drug-likeness (QED) is 0.436. The number of carbonyl (C=O) groups excluding carboxylic acids is 1. The molecule has 7 nitrogen and oxygen atoms in total. The SMILES string of the molecule is COc1cc2c(Oc3ccc4c(C(N)=O)c(C)ccc4c3)ccnc2cc1OCC1(N)CC1. The van der Waals surface area contributed by atoms with Crippen molar-refractivity contribution in [1.82, 2.24) is 4.98 Å². The van der Waals surface area contributed by atoms with Gasteiger partial charge in [-0.2, -0.15) is 0 Å². The number of benzene rings is 3. The maximum Gasteiger partial charge on any atom is 0.249 e. The van der Waals surface area contributed by atoms with E-state index in [0.717, 1.165) is 40.1 Å². The normalized spacial score (nSPS) is 14.3. The summed E-state index contributed by atoms with van der Waals surface area (Å²) in [5.41, 5.74) is 13.6. The van der Waals surface area contributed by atoms with Crippen molar-refractivity contribution in [2.24, 2.45) is 11.5 Å². The Balaban J connectivity index is 1.50. The van der Waals surface area contributed by atoms with Gasteiger partial charge in [0.2, 0.25) is 5.91 Å². The minimum Gasteiger partial charge on any atom is -0.493 e. The van der Waals surface area contributed by atoms with Crippen LogP contribution in [0.4, 0.5) is 0 Å². The topological polar surface area (TPSA) is 110 Å². The lowest BCUT2D eigenvalue weighted by atomic mass is 9.99. The molecule has 0 bridgehead atoms. The lowest BCUT2D eigenvalue weighted by molar-refractivity contribution is 0.100. The average molecular weight is 444 g/mol. The van der Waals surface area contributed by atoms with Crippen LogP contribution in [0.2, 0.25) is 0 Å². The second-order valence-corrected chi connectivity index (χ2v) is 8.59. The van der Waals surface area contributed by atoms with E-state index in [1.54, 1.807) is 19.4 Å². The molecule has 1 aromatic heterocycles. The van der Waals surface area contributed by atoms with Crippen LogP contribution in [0.5, 0.6) is 23.0 Å². The minimum atomic E-state index is -0.445. The van der Waals surface area contributed by atoms with Crippen molar-refractivity contribution >= 4 is 27.6 Å². The van der Waals surface area contributed by atoms with E-state index in [1.807, 2.05) is 49.4 Å². The highest BCUT2D eigenvalue weighted by Gasteiger charge is 2.39. The van der Waals surface area contributed by atoms with Crippen LogP contribution in [0.15, 0.2) is 54.7 Å². The van der Waals surface area contributed by atoms with Gasteiger partial charge in [0.25, 0.3) is 0 Å². The Morgan fingerprint density at radius 3 is 2.58 bits per heavy atom. The molecule has 1 amide bonds. The largest absolute Gasteiger partial charge is 0.493 e. The van der Waals surface area contributed by atoms with E-state index in [9.17, 15) is 4.79 Å². The van der Waals surface area contributed by atoms with Crippen LogP contribution in [-0.4, -0.2) is 30.1 Å². The number of ether oxygens (including phenoxy) is 3. The zero-order valence-corrected chi connectivity index (χ0v) is 18.6. The van der Waals surface area contributed by atoms with E-state index in [4.69, 9.17) is 25.7 Å². The number of primary amides is 1. The van der Waals surface area contributed by atoms with Crippen molar-refractivity contribution < 1.29 is 19.0 Å². The second-order valence-electron chi connectivity index (χ2n) is 8.59. The summed E-state index contributed by atoms with van der Waals surface area (Å²) in [4.78, 5) is 16.4. The highest BCUT2D eigenvalue weighted by Crippen LogP contribution is 2.39. The van der Waals surface area contributed by atoms with Gasteiger partial charge in [-0.05, 0) is 66.4 Å². The summed E-state index contributed by atoms with van der Waals surface area (Å²) in [6.07, 6.45) is 3.62. The summed E-state index contributed by atoms with van der Waals surface area (Å²) in [6.45, 7) is 2.31. The molecule has 0 atom stereocenters. The van der Waals surface area contributed by atoms with Crippen LogP contribution in [0, 0.1) is 6.92 Å². The Morgan fingerprint density at radius 1 is 1.03 bits per heavy atom. The van der Waals surface area contributed by atoms with Gasteiger partial charge in [-0.1, -0.05) is 12.1 Å². The molecule has 0 aliphatic heterocycles. The number of aromatic nitrogens is 1. The highest BCUT2D eigenvalue weighted by molar-refractivity contribution is 6.07. The van der Waals surface area contributed by atoms with E-state index in [-0.39, 0.29) is 5.54 Å². The van der Waals surface area contributed by atoms with Crippen LogP contribution >= 0.6 is 0 Å². The van der Waals surface area contributed by atoms with Crippen molar-refractivity contribution in [3.8, 4) is 23.0 Å². The second kappa shape index (κ2) is 7.94. The molecule has 1 fully saturated rings. The van der Waals surface area contributed by atoms with E-state index < -0.39 is 5.91 Å². The number of carbonyl (C=O) groups is 1. The number of nitrogens with zero attached hydrogens (tertiary/aromatic N) is 1. The minimum absolute atomic E-state index is 0.235. The first-order chi connectivity index (χ1) is 15.9. The summed E-state index contributed by atoms with van der Waals surface area (Å²) < 4.78 is 17.7. The van der Waals surface area contributed by atoms with Gasteiger partial charge in [-0.3, -0.25) is 9.78 Å². The zero-order chi connectivity index (χ0) is 23.2. The van der Waals surface area contributed by atoms with Gasteiger partial charge >= 0.3 is 0 Å². The van der Waals surface area contributed by atoms with Gasteiger partial charge in [-0.25, -0.2) is 0 Å². The Labute approximate surface area is 191 Å². The van der Waals surface area contributed by atoms with E-state index in [2.05, 4.69) is 4.98 Å². The number of pyridine rings is 1. The Bertz CT molecular complexity index is 1400. The first-order valence-corrected chi connectivity index (χ1v) is 10.8. The predicted octanol–water partition coefficient (Wildman–Crippen LogP) is 4.47. The molecule has 33 heavy (non-hydrogen) atoms. The molecule has 5 rings (SSSR count). The molecule has 1 heterocycles. The van der Waals surface area contributed by atoms with E-state index in [1.165, 1.54) is 0 Å². The molecular weight excluding hydrogens is 418 g/mol. The Kier molecular flexibility index (Phi) is 5.06. The predicted molar refractivity (Wildman–Crippen MR) is 127 cm³/mol. The molecule has 1 aliphatic carbocycles. The van der Waals surface area contributed by atoms with Gasteiger partial charge in [0, 0.05) is 23.2 Å². The van der Waals surface area contributed by atoms with Crippen LogP contribution in [-0.2, 0) is 0 Å². The number of fused-ring (bicyclic) bond motifs is 2. The van der Waals surface area contributed by atoms with Crippen molar-refractivity contribution in [1.29, 1.82) is 0 Å². The molecule has 7 heteroatoms. The maximum absolute atomic E-state index is 11.9. The van der Waals surface area contributed by atoms with Crippen molar-refractivity contribution in [3.05, 3.63) is 65.9 Å². The van der Waals surface area contributed by atoms with Crippen LogP contribution in [0.3, 0.4) is 0 Å². The fraction of sp³-hybridized carbons (Fsp3) is 0.231. The number of aryl methyl sites for hydroxylation is 1. The van der Waals surface area contributed by atoms with Crippen molar-refractivity contribution in [2.45, 2.75) is 25.3 Å². The molecule has 1 saturated carbocycles. The number of nitrogens with two attached hydrogens (primary N) is 2. The molecular formula is C26H25N3O4. The fourth-order valence-corrected chi connectivity index (χ4v) is 3.95. The first-order valence-electron chi connectivity index (χ1n) is 10.8. The lowest BCUT2D eigenvalue weighted by Crippen LogP contribution is -2.29. The molecule has 4 N–H and O–H groups in total. The van der Waals surface area contributed by atoms with E-state index in [0.29, 0.717) is 35.2 Å². The summed E-state index contributed by atoms with van der Waals surface area (Å²) in [6, 6.07) is 14.9. The molecule has 3 aromatic carbocycles. The third-order valence-corrected chi connectivity index (χ3v) is 6.07. The third kappa shape index (κ3) is 4.03. The number of rotatable bonds is 7. The number of amides is 1. The molecule has 0 radical (unpaired) electrons. The molecule has 1 aliphatic rings. The Hall–Kier alpha value is -3.84. The van der Waals surface area contributed by atoms with Gasteiger partial charge < -0.3 is 25.7 Å². The van der Waals surface area contributed by atoms with Crippen molar-refractivity contribution in [2.75, 3.05) is 13.7 Å². The number of hydrogen-bond donors (Lipinski definition) is 2. The zero-order valence-electron chi connectivity index (χ0n) is 18.6. The molecule has 4 aromatic rings. The van der Waals surface area contributed by atoms with Gasteiger partial charge in [0.05, 0.1) is 18.2 Å². The molecule has 0 saturated heterocycles. The van der Waals surface area contributed by atoms with Crippen LogP contribution in [0.25, 0.3) is 21.7 Å². The van der Waals surface area contributed by atoms with Gasteiger partial charge in [0.1, 0.15) is 18.1 Å². The summed E-state index contributed by atoms with van der Waals surface area (Å²) >= 11 is 0. The fourth-order valence-electron chi connectivity index (χ4n) is 3.95. The van der Waals surface area contributed by atoms with Crippen LogP contribution < -0.4 is 25.7 Å². The Morgan fingerprint density at radius 2 is 1.85 bits per heavy atom. The maximum atomic E-state index is 11.9. The van der Waals surface area contributed by atoms with Crippen LogP contribution in [0.1, 0.15) is 28.8 Å². The lowest BCUT2D eigenvalue weighted by Gasteiger charge is -2.16. The first kappa shape index (κ1) is 21.0. The molecule has 168 valence electrons.